The number of carbonyl (C=O) groups is 2. The summed E-state index contributed by atoms with van der Waals surface area (Å²) in [5.41, 5.74) is 1.10. The van der Waals surface area contributed by atoms with Gasteiger partial charge in [0.25, 0.3) is 0 Å². The summed E-state index contributed by atoms with van der Waals surface area (Å²) in [5.74, 6) is -1.19. The highest BCUT2D eigenvalue weighted by Gasteiger charge is 2.41. The third kappa shape index (κ3) is 6.26. The summed E-state index contributed by atoms with van der Waals surface area (Å²) in [6.45, 7) is 10.5. The Morgan fingerprint density at radius 1 is 1.31 bits per heavy atom. The van der Waals surface area contributed by atoms with Crippen LogP contribution in [0.15, 0.2) is 46.0 Å². The highest BCUT2D eigenvalue weighted by molar-refractivity contribution is 7.11. The van der Waals surface area contributed by atoms with Gasteiger partial charge in [-0.15, -0.1) is 11.3 Å². The van der Waals surface area contributed by atoms with Gasteiger partial charge in [-0.25, -0.2) is 14.2 Å². The van der Waals surface area contributed by atoms with Crippen molar-refractivity contribution in [2.75, 3.05) is 45.9 Å². The van der Waals surface area contributed by atoms with Crippen molar-refractivity contribution in [1.82, 2.24) is 20.1 Å². The molecule has 3 aliphatic rings. The topological polar surface area (TPSA) is 117 Å². The van der Waals surface area contributed by atoms with Crippen molar-refractivity contribution < 1.29 is 28.6 Å². The number of ether oxygens (including phenoxy) is 2. The average molecular weight is 600 g/mol. The van der Waals surface area contributed by atoms with E-state index in [0.717, 1.165) is 13.0 Å². The zero-order valence-electron chi connectivity index (χ0n) is 24.4. The molecule has 0 saturated carbocycles. The van der Waals surface area contributed by atoms with Gasteiger partial charge in [-0.1, -0.05) is 12.1 Å². The number of aliphatic imine (C=N–C) groups is 1. The van der Waals surface area contributed by atoms with Gasteiger partial charge in [0, 0.05) is 56.0 Å². The van der Waals surface area contributed by atoms with E-state index in [1.807, 2.05) is 5.38 Å². The fourth-order valence-electron chi connectivity index (χ4n) is 5.94. The predicted octanol–water partition coefficient (Wildman–Crippen LogP) is 3.38. The molecule has 226 valence electrons. The SMILES string of the molecule is CCOC(=O)C1=C(CN2CCO[C@H]3CCN(CC(C)(C)C(=O)O)C[C@H]32)NC(c2nccs2)=N[C@H]1c1cccc(F)c1C. The molecule has 0 amide bonds. The van der Waals surface area contributed by atoms with Crippen LogP contribution in [0.1, 0.15) is 49.4 Å². The number of carboxylic acid groups (broad SMARTS) is 1. The fourth-order valence-corrected chi connectivity index (χ4v) is 6.53. The molecule has 0 aliphatic carbocycles. The maximum atomic E-state index is 14.8. The second-order valence-corrected chi connectivity index (χ2v) is 12.5. The average Bonchev–Trinajstić information content (AvgIpc) is 3.50. The molecule has 4 heterocycles. The lowest BCUT2D eigenvalue weighted by molar-refractivity contribution is -0.149. The van der Waals surface area contributed by atoms with Crippen LogP contribution >= 0.6 is 11.3 Å². The number of hydrogen-bond acceptors (Lipinski definition) is 10. The number of aromatic nitrogens is 1. The molecule has 2 aromatic rings. The van der Waals surface area contributed by atoms with Crippen LogP contribution in [0.5, 0.6) is 0 Å². The molecule has 0 spiro atoms. The molecule has 0 bridgehead atoms. The molecule has 1 aromatic heterocycles. The van der Waals surface area contributed by atoms with Crippen LogP contribution in [0, 0.1) is 18.2 Å². The van der Waals surface area contributed by atoms with Crippen LogP contribution in [0.2, 0.25) is 0 Å². The number of piperidine rings is 1. The van der Waals surface area contributed by atoms with E-state index >= 15 is 0 Å². The molecule has 2 fully saturated rings. The number of morpholine rings is 1. The Bertz CT molecular complexity index is 1380. The number of halogens is 1. The molecule has 42 heavy (non-hydrogen) atoms. The van der Waals surface area contributed by atoms with E-state index < -0.39 is 23.4 Å². The van der Waals surface area contributed by atoms with Crippen molar-refractivity contribution in [2.45, 2.75) is 52.3 Å². The van der Waals surface area contributed by atoms with Crippen LogP contribution in [-0.2, 0) is 19.1 Å². The van der Waals surface area contributed by atoms with E-state index in [4.69, 9.17) is 14.5 Å². The Morgan fingerprint density at radius 3 is 2.83 bits per heavy atom. The summed E-state index contributed by atoms with van der Waals surface area (Å²) in [6.07, 6.45) is 2.47. The van der Waals surface area contributed by atoms with Crippen LogP contribution in [0.25, 0.3) is 0 Å². The number of thiazole rings is 1. The monoisotopic (exact) mass is 599 g/mol. The third-order valence-electron chi connectivity index (χ3n) is 8.20. The lowest BCUT2D eigenvalue weighted by atomic mass is 9.90. The maximum absolute atomic E-state index is 14.8. The first-order valence-corrected chi connectivity index (χ1v) is 15.2. The number of carbonyl (C=O) groups excluding carboxylic acids is 1. The minimum absolute atomic E-state index is 0.00784. The first-order valence-electron chi connectivity index (χ1n) is 14.3. The molecule has 1 aromatic carbocycles. The summed E-state index contributed by atoms with van der Waals surface area (Å²) in [7, 11) is 0. The van der Waals surface area contributed by atoms with Crippen LogP contribution in [-0.4, -0.2) is 95.7 Å². The quantitative estimate of drug-likeness (QED) is 0.419. The highest BCUT2D eigenvalue weighted by atomic mass is 32.1. The van der Waals surface area contributed by atoms with Gasteiger partial charge in [-0.3, -0.25) is 14.7 Å². The second-order valence-electron chi connectivity index (χ2n) is 11.6. The molecule has 10 nitrogen and oxygen atoms in total. The van der Waals surface area contributed by atoms with Crippen LogP contribution < -0.4 is 5.32 Å². The highest BCUT2D eigenvalue weighted by Crippen LogP contribution is 2.36. The molecule has 0 radical (unpaired) electrons. The smallest absolute Gasteiger partial charge is 0.338 e. The van der Waals surface area contributed by atoms with E-state index in [2.05, 4.69) is 20.1 Å². The van der Waals surface area contributed by atoms with Crippen LogP contribution in [0.4, 0.5) is 4.39 Å². The number of fused-ring (bicyclic) bond motifs is 1. The van der Waals surface area contributed by atoms with Crippen molar-refractivity contribution in [3.8, 4) is 0 Å². The largest absolute Gasteiger partial charge is 0.481 e. The number of aliphatic carboxylic acids is 1. The van der Waals surface area contributed by atoms with Gasteiger partial charge in [-0.2, -0.15) is 0 Å². The van der Waals surface area contributed by atoms with Gasteiger partial charge in [-0.05, 0) is 51.3 Å². The molecule has 2 N–H and O–H groups in total. The molecular formula is C30H38FN5O5S. The first kappa shape index (κ1) is 30.3. The van der Waals surface area contributed by atoms with Gasteiger partial charge in [0.1, 0.15) is 11.9 Å². The summed E-state index contributed by atoms with van der Waals surface area (Å²) in [6, 6.07) is 4.02. The Kier molecular flexibility index (Phi) is 9.07. The summed E-state index contributed by atoms with van der Waals surface area (Å²) < 4.78 is 26.5. The number of rotatable bonds is 9. The van der Waals surface area contributed by atoms with E-state index in [1.165, 1.54) is 17.4 Å². The predicted molar refractivity (Wildman–Crippen MR) is 157 cm³/mol. The fraction of sp³-hybridized carbons (Fsp3) is 0.533. The van der Waals surface area contributed by atoms with Crippen molar-refractivity contribution in [1.29, 1.82) is 0 Å². The van der Waals surface area contributed by atoms with Gasteiger partial charge in [0.05, 0.1) is 30.3 Å². The molecular weight excluding hydrogens is 561 g/mol. The number of benzene rings is 1. The lowest BCUT2D eigenvalue weighted by Gasteiger charge is -2.48. The number of carboxylic acids is 1. The summed E-state index contributed by atoms with van der Waals surface area (Å²) in [5, 5.41) is 15.6. The lowest BCUT2D eigenvalue weighted by Crippen LogP contribution is -2.61. The standard InChI is InChI=1S/C30H38FN5O5S/c1-5-40-28(37)24-21(15-36-12-13-41-23-9-11-35(16-22(23)36)17-30(3,4)29(38)39)33-26(27-32-10-14-42-27)34-25(24)19-7-6-8-20(31)18(19)2/h6-8,10,14,22-23,25H,5,9,11-13,15-17H2,1-4H3,(H,33,34)(H,38,39)/t22-,23+,25+/m1/s1. The maximum Gasteiger partial charge on any atom is 0.338 e. The number of likely N-dealkylation sites (tertiary alicyclic amines) is 1. The minimum Gasteiger partial charge on any atom is -0.481 e. The Balaban J connectivity index is 1.52. The van der Waals surface area contributed by atoms with Gasteiger partial charge in [0.2, 0.25) is 0 Å². The number of amidine groups is 1. The Labute approximate surface area is 249 Å². The van der Waals surface area contributed by atoms with Gasteiger partial charge >= 0.3 is 11.9 Å². The van der Waals surface area contributed by atoms with E-state index in [-0.39, 0.29) is 24.6 Å². The molecule has 0 unspecified atom stereocenters. The second kappa shape index (κ2) is 12.6. The van der Waals surface area contributed by atoms with Gasteiger partial charge in [0.15, 0.2) is 10.8 Å². The number of esters is 1. The van der Waals surface area contributed by atoms with E-state index in [9.17, 15) is 19.1 Å². The zero-order chi connectivity index (χ0) is 30.0. The van der Waals surface area contributed by atoms with Crippen molar-refractivity contribution in [3.05, 3.63) is 63.0 Å². The van der Waals surface area contributed by atoms with Gasteiger partial charge < -0.3 is 24.8 Å². The first-order chi connectivity index (χ1) is 20.1. The number of nitrogens with zero attached hydrogens (tertiary/aromatic N) is 4. The molecule has 3 aliphatic heterocycles. The Morgan fingerprint density at radius 2 is 2.12 bits per heavy atom. The van der Waals surface area contributed by atoms with E-state index in [0.29, 0.717) is 66.0 Å². The van der Waals surface area contributed by atoms with E-state index in [1.54, 1.807) is 46.0 Å². The van der Waals surface area contributed by atoms with Crippen molar-refractivity contribution in [2.24, 2.45) is 10.4 Å². The Hall–Kier alpha value is -3.19. The molecule has 2 saturated heterocycles. The number of nitrogens with one attached hydrogen (secondary N) is 1. The molecule has 12 heteroatoms. The minimum atomic E-state index is -0.882. The number of hydrogen-bond donors (Lipinski definition) is 2. The molecule has 5 rings (SSSR count). The van der Waals surface area contributed by atoms with Crippen molar-refractivity contribution in [3.63, 3.8) is 0 Å². The summed E-state index contributed by atoms with van der Waals surface area (Å²) in [4.78, 5) is 39.2. The van der Waals surface area contributed by atoms with Crippen molar-refractivity contribution >= 4 is 29.1 Å². The normalized spacial score (nSPS) is 23.6. The van der Waals surface area contributed by atoms with Crippen LogP contribution in [0.3, 0.4) is 0 Å². The third-order valence-corrected chi connectivity index (χ3v) is 8.98. The zero-order valence-corrected chi connectivity index (χ0v) is 25.2. The summed E-state index contributed by atoms with van der Waals surface area (Å²) >= 11 is 1.42. The molecule has 3 atom stereocenters.